The minimum Gasteiger partial charge on any atom is -0.369 e. The van der Waals surface area contributed by atoms with Crippen LogP contribution in [0.15, 0.2) is 24.3 Å². The topological polar surface area (TPSA) is 55.1 Å². The summed E-state index contributed by atoms with van der Waals surface area (Å²) in [6, 6.07) is 8.94. The Morgan fingerprint density at radius 2 is 2.16 bits per heavy atom. The highest BCUT2D eigenvalue weighted by atomic mass is 16.1. The fraction of sp³-hybridized carbons (Fsp3) is 0.562. The number of hydrogen-bond donors (Lipinski definition) is 2. The molecule has 4 atom stereocenters. The summed E-state index contributed by atoms with van der Waals surface area (Å²) >= 11 is 0. The van der Waals surface area contributed by atoms with Crippen molar-refractivity contribution in [3.63, 3.8) is 0 Å². The molecule has 1 aliphatic heterocycles. The molecule has 1 saturated heterocycles. The van der Waals surface area contributed by atoms with Crippen LogP contribution < -0.4 is 11.1 Å². The minimum absolute atomic E-state index is 0.0442. The predicted molar refractivity (Wildman–Crippen MR) is 77.6 cm³/mol. The highest BCUT2D eigenvalue weighted by molar-refractivity contribution is 5.78. The van der Waals surface area contributed by atoms with Crippen molar-refractivity contribution in [3.05, 3.63) is 35.4 Å². The zero-order chi connectivity index (χ0) is 14.0. The lowest BCUT2D eigenvalue weighted by molar-refractivity contribution is -0.125. The van der Waals surface area contributed by atoms with Crippen LogP contribution in [0, 0.1) is 11.8 Å². The third kappa shape index (κ3) is 2.98. The molecule has 1 amide bonds. The van der Waals surface area contributed by atoms with E-state index in [-0.39, 0.29) is 17.9 Å². The molecule has 1 aromatic rings. The van der Waals surface area contributed by atoms with Gasteiger partial charge in [0.15, 0.2) is 0 Å². The standard InChI is InChI=1S/C16H24N2O/c1-4-12-6-5-7-13(9-12)15-14(16(17)19)10(2)8-11(3)18-15/h5-7,9-11,14-15,18H,4,8H2,1-3H3,(H2,17,19). The van der Waals surface area contributed by atoms with Crippen molar-refractivity contribution in [2.75, 3.05) is 0 Å². The number of amides is 1. The summed E-state index contributed by atoms with van der Waals surface area (Å²) in [6.07, 6.45) is 2.00. The number of aryl methyl sites for hydroxylation is 1. The molecule has 1 heterocycles. The van der Waals surface area contributed by atoms with Gasteiger partial charge >= 0.3 is 0 Å². The van der Waals surface area contributed by atoms with Crippen LogP contribution in [0.25, 0.3) is 0 Å². The predicted octanol–water partition coefficient (Wildman–Crippen LogP) is 2.41. The number of hydrogen-bond acceptors (Lipinski definition) is 2. The quantitative estimate of drug-likeness (QED) is 0.877. The minimum atomic E-state index is -0.196. The van der Waals surface area contributed by atoms with E-state index in [1.807, 2.05) is 0 Å². The van der Waals surface area contributed by atoms with E-state index in [1.165, 1.54) is 11.1 Å². The maximum absolute atomic E-state index is 11.8. The molecule has 3 nitrogen and oxygen atoms in total. The van der Waals surface area contributed by atoms with Gasteiger partial charge in [-0.05, 0) is 36.8 Å². The number of rotatable bonds is 3. The van der Waals surface area contributed by atoms with Gasteiger partial charge in [-0.2, -0.15) is 0 Å². The number of primary amides is 1. The first-order valence-corrected chi connectivity index (χ1v) is 7.17. The molecule has 3 N–H and O–H groups in total. The Balaban J connectivity index is 2.34. The summed E-state index contributed by atoms with van der Waals surface area (Å²) in [5, 5.41) is 3.54. The summed E-state index contributed by atoms with van der Waals surface area (Å²) in [4.78, 5) is 11.8. The Labute approximate surface area is 115 Å². The number of nitrogens with one attached hydrogen (secondary N) is 1. The molecule has 104 valence electrons. The van der Waals surface area contributed by atoms with Crippen molar-refractivity contribution in [2.45, 2.75) is 45.7 Å². The molecule has 1 aromatic carbocycles. The summed E-state index contributed by atoms with van der Waals surface area (Å²) in [5.41, 5.74) is 8.10. The van der Waals surface area contributed by atoms with Gasteiger partial charge < -0.3 is 11.1 Å². The van der Waals surface area contributed by atoms with Crippen molar-refractivity contribution < 1.29 is 4.79 Å². The Morgan fingerprint density at radius 1 is 1.42 bits per heavy atom. The molecule has 0 spiro atoms. The zero-order valence-corrected chi connectivity index (χ0v) is 12.0. The van der Waals surface area contributed by atoms with Crippen LogP contribution in [-0.2, 0) is 11.2 Å². The maximum Gasteiger partial charge on any atom is 0.222 e. The van der Waals surface area contributed by atoms with Crippen LogP contribution in [0.2, 0.25) is 0 Å². The SMILES string of the molecule is CCc1cccc(C2NC(C)CC(C)C2C(N)=O)c1. The molecular formula is C16H24N2O. The Kier molecular flexibility index (Phi) is 4.25. The van der Waals surface area contributed by atoms with Crippen LogP contribution in [0.3, 0.4) is 0 Å². The molecule has 4 unspecified atom stereocenters. The highest BCUT2D eigenvalue weighted by Gasteiger charge is 2.37. The van der Waals surface area contributed by atoms with Gasteiger partial charge in [0, 0.05) is 12.1 Å². The van der Waals surface area contributed by atoms with Gasteiger partial charge in [-0.1, -0.05) is 38.1 Å². The molecule has 0 saturated carbocycles. The second-order valence-corrected chi connectivity index (χ2v) is 5.79. The first-order chi connectivity index (χ1) is 9.02. The summed E-state index contributed by atoms with van der Waals surface area (Å²) in [6.45, 7) is 6.44. The van der Waals surface area contributed by atoms with Crippen molar-refractivity contribution in [3.8, 4) is 0 Å². The third-order valence-corrected chi connectivity index (χ3v) is 4.21. The molecule has 1 aliphatic rings. The van der Waals surface area contributed by atoms with Gasteiger partial charge in [0.1, 0.15) is 0 Å². The van der Waals surface area contributed by atoms with Crippen molar-refractivity contribution in [1.82, 2.24) is 5.32 Å². The molecule has 0 aromatic heterocycles. The van der Waals surface area contributed by atoms with Crippen molar-refractivity contribution >= 4 is 5.91 Å². The highest BCUT2D eigenvalue weighted by Crippen LogP contribution is 2.35. The Morgan fingerprint density at radius 3 is 2.79 bits per heavy atom. The van der Waals surface area contributed by atoms with Crippen LogP contribution in [0.4, 0.5) is 0 Å². The first-order valence-electron chi connectivity index (χ1n) is 7.17. The lowest BCUT2D eigenvalue weighted by atomic mass is 9.76. The molecule has 19 heavy (non-hydrogen) atoms. The van der Waals surface area contributed by atoms with Gasteiger partial charge in [-0.25, -0.2) is 0 Å². The number of carbonyl (C=O) groups excluding carboxylic acids is 1. The van der Waals surface area contributed by atoms with Crippen LogP contribution in [0.5, 0.6) is 0 Å². The summed E-state index contributed by atoms with van der Waals surface area (Å²) in [7, 11) is 0. The number of benzene rings is 1. The third-order valence-electron chi connectivity index (χ3n) is 4.21. The van der Waals surface area contributed by atoms with Gasteiger partial charge in [0.05, 0.1) is 5.92 Å². The van der Waals surface area contributed by atoms with E-state index in [1.54, 1.807) is 0 Å². The fourth-order valence-corrected chi connectivity index (χ4v) is 3.27. The molecule has 1 fully saturated rings. The summed E-state index contributed by atoms with van der Waals surface area (Å²) < 4.78 is 0. The number of piperidine rings is 1. The molecular weight excluding hydrogens is 236 g/mol. The fourth-order valence-electron chi connectivity index (χ4n) is 3.27. The van der Waals surface area contributed by atoms with E-state index in [0.717, 1.165) is 12.8 Å². The van der Waals surface area contributed by atoms with Crippen LogP contribution in [-0.4, -0.2) is 11.9 Å². The van der Waals surface area contributed by atoms with E-state index in [0.29, 0.717) is 12.0 Å². The van der Waals surface area contributed by atoms with Crippen LogP contribution >= 0.6 is 0 Å². The lowest BCUT2D eigenvalue weighted by Gasteiger charge is -2.39. The molecule has 2 rings (SSSR count). The first kappa shape index (κ1) is 14.1. The second-order valence-electron chi connectivity index (χ2n) is 5.79. The Bertz CT molecular complexity index is 458. The van der Waals surface area contributed by atoms with Gasteiger partial charge in [0.25, 0.3) is 0 Å². The van der Waals surface area contributed by atoms with Crippen molar-refractivity contribution in [2.24, 2.45) is 17.6 Å². The molecule has 0 bridgehead atoms. The van der Waals surface area contributed by atoms with Gasteiger partial charge in [-0.15, -0.1) is 0 Å². The summed E-state index contributed by atoms with van der Waals surface area (Å²) in [5.74, 6) is 0.00569. The van der Waals surface area contributed by atoms with Gasteiger partial charge in [0.2, 0.25) is 5.91 Å². The van der Waals surface area contributed by atoms with E-state index in [4.69, 9.17) is 5.73 Å². The van der Waals surface area contributed by atoms with Crippen LogP contribution in [0.1, 0.15) is 44.4 Å². The van der Waals surface area contributed by atoms with E-state index in [2.05, 4.69) is 50.4 Å². The van der Waals surface area contributed by atoms with Crippen molar-refractivity contribution in [1.29, 1.82) is 0 Å². The lowest BCUT2D eigenvalue weighted by Crippen LogP contribution is -2.49. The molecule has 3 heteroatoms. The number of carbonyl (C=O) groups is 1. The zero-order valence-electron chi connectivity index (χ0n) is 12.0. The smallest absolute Gasteiger partial charge is 0.222 e. The number of nitrogens with two attached hydrogens (primary N) is 1. The normalized spacial score (nSPS) is 31.1. The van der Waals surface area contributed by atoms with Gasteiger partial charge in [-0.3, -0.25) is 4.79 Å². The Hall–Kier alpha value is -1.35. The average Bonchev–Trinajstić information content (AvgIpc) is 2.37. The largest absolute Gasteiger partial charge is 0.369 e. The maximum atomic E-state index is 11.8. The van der Waals surface area contributed by atoms with E-state index < -0.39 is 0 Å². The second kappa shape index (κ2) is 5.74. The average molecular weight is 260 g/mol. The van der Waals surface area contributed by atoms with E-state index in [9.17, 15) is 4.79 Å². The molecule has 0 aliphatic carbocycles. The van der Waals surface area contributed by atoms with E-state index >= 15 is 0 Å². The monoisotopic (exact) mass is 260 g/mol. The molecule has 0 radical (unpaired) electrons.